The molecule has 2 aliphatic rings. The summed E-state index contributed by atoms with van der Waals surface area (Å²) in [5.41, 5.74) is 2.07. The van der Waals surface area contributed by atoms with Gasteiger partial charge in [0.15, 0.2) is 0 Å². The molecular formula is C19H29N3O3. The van der Waals surface area contributed by atoms with Crippen molar-refractivity contribution in [2.75, 3.05) is 39.5 Å². The molecule has 2 fully saturated rings. The molecule has 2 aliphatic heterocycles. The van der Waals surface area contributed by atoms with Gasteiger partial charge in [0.1, 0.15) is 0 Å². The largest absolute Gasteiger partial charge is 0.396 e. The number of aliphatic hydroxyl groups is 1. The van der Waals surface area contributed by atoms with Gasteiger partial charge in [-0.2, -0.15) is 0 Å². The van der Waals surface area contributed by atoms with Crippen LogP contribution in [0.25, 0.3) is 0 Å². The van der Waals surface area contributed by atoms with E-state index in [-0.39, 0.29) is 24.5 Å². The topological polar surface area (TPSA) is 65.9 Å². The van der Waals surface area contributed by atoms with Crippen molar-refractivity contribution in [2.24, 2.45) is 5.92 Å². The number of hydrogen-bond acceptors (Lipinski definition) is 5. The number of nitrogens with zero attached hydrogens (tertiary/aromatic N) is 3. The van der Waals surface area contributed by atoms with Gasteiger partial charge in [0.25, 0.3) is 0 Å². The zero-order valence-electron chi connectivity index (χ0n) is 15.1. The van der Waals surface area contributed by atoms with Crippen molar-refractivity contribution in [3.8, 4) is 0 Å². The SMILES string of the molecule is Cc1cccc(CN2CCN(C(=O)C3CCOCC3)C[C@H]2CCO)n1. The Labute approximate surface area is 149 Å². The average molecular weight is 347 g/mol. The summed E-state index contributed by atoms with van der Waals surface area (Å²) in [6.07, 6.45) is 2.34. The van der Waals surface area contributed by atoms with Crippen molar-refractivity contribution >= 4 is 5.91 Å². The van der Waals surface area contributed by atoms with E-state index in [1.54, 1.807) is 0 Å². The number of carbonyl (C=O) groups is 1. The third-order valence-corrected chi connectivity index (χ3v) is 5.26. The molecule has 1 atom stereocenters. The van der Waals surface area contributed by atoms with Gasteiger partial charge in [0.2, 0.25) is 5.91 Å². The first-order chi connectivity index (χ1) is 12.2. The molecule has 138 valence electrons. The highest BCUT2D eigenvalue weighted by molar-refractivity contribution is 5.79. The molecule has 3 heterocycles. The minimum atomic E-state index is 0.105. The monoisotopic (exact) mass is 347 g/mol. The number of aliphatic hydroxyl groups excluding tert-OH is 1. The molecule has 0 radical (unpaired) electrons. The Balaban J connectivity index is 1.62. The summed E-state index contributed by atoms with van der Waals surface area (Å²) in [7, 11) is 0. The summed E-state index contributed by atoms with van der Waals surface area (Å²) in [4.78, 5) is 21.7. The number of ether oxygens (including phenoxy) is 1. The number of amides is 1. The van der Waals surface area contributed by atoms with Gasteiger partial charge in [0, 0.05) is 63.7 Å². The van der Waals surface area contributed by atoms with E-state index >= 15 is 0 Å². The molecule has 0 bridgehead atoms. The third-order valence-electron chi connectivity index (χ3n) is 5.26. The number of aromatic nitrogens is 1. The van der Waals surface area contributed by atoms with Crippen LogP contribution >= 0.6 is 0 Å². The number of rotatable bonds is 5. The Morgan fingerprint density at radius 2 is 2.12 bits per heavy atom. The molecule has 0 aliphatic carbocycles. The zero-order valence-corrected chi connectivity index (χ0v) is 15.1. The lowest BCUT2D eigenvalue weighted by atomic mass is 9.97. The lowest BCUT2D eigenvalue weighted by molar-refractivity contribution is -0.142. The molecule has 1 amide bonds. The lowest BCUT2D eigenvalue weighted by Gasteiger charge is -2.42. The van der Waals surface area contributed by atoms with Gasteiger partial charge in [-0.05, 0) is 38.3 Å². The van der Waals surface area contributed by atoms with E-state index in [2.05, 4.69) is 9.88 Å². The Hall–Kier alpha value is -1.50. The van der Waals surface area contributed by atoms with E-state index in [9.17, 15) is 9.90 Å². The fourth-order valence-electron chi connectivity index (χ4n) is 3.82. The smallest absolute Gasteiger partial charge is 0.225 e. The highest BCUT2D eigenvalue weighted by Gasteiger charge is 2.33. The second kappa shape index (κ2) is 8.74. The fraction of sp³-hybridized carbons (Fsp3) is 0.684. The van der Waals surface area contributed by atoms with Crippen molar-refractivity contribution in [1.82, 2.24) is 14.8 Å². The van der Waals surface area contributed by atoms with Gasteiger partial charge in [-0.25, -0.2) is 0 Å². The summed E-state index contributed by atoms with van der Waals surface area (Å²) in [5, 5.41) is 9.46. The predicted octanol–water partition coefficient (Wildman–Crippen LogP) is 1.21. The Morgan fingerprint density at radius 1 is 1.32 bits per heavy atom. The van der Waals surface area contributed by atoms with Crippen LogP contribution in [0.1, 0.15) is 30.7 Å². The summed E-state index contributed by atoms with van der Waals surface area (Å²) >= 11 is 0. The Bertz CT molecular complexity index is 575. The molecule has 1 N–H and O–H groups in total. The first kappa shape index (κ1) is 18.3. The molecule has 6 nitrogen and oxygen atoms in total. The van der Waals surface area contributed by atoms with Gasteiger partial charge in [-0.15, -0.1) is 0 Å². The van der Waals surface area contributed by atoms with Gasteiger partial charge in [0.05, 0.1) is 5.69 Å². The summed E-state index contributed by atoms with van der Waals surface area (Å²) < 4.78 is 5.37. The number of aryl methyl sites for hydroxylation is 1. The molecular weight excluding hydrogens is 318 g/mol. The van der Waals surface area contributed by atoms with Crippen molar-refractivity contribution in [2.45, 2.75) is 38.8 Å². The molecule has 1 aromatic heterocycles. The van der Waals surface area contributed by atoms with Crippen molar-refractivity contribution in [3.63, 3.8) is 0 Å². The van der Waals surface area contributed by atoms with Crippen LogP contribution in [0.4, 0.5) is 0 Å². The van der Waals surface area contributed by atoms with Crippen LogP contribution in [0, 0.1) is 12.8 Å². The maximum atomic E-state index is 12.8. The molecule has 1 aromatic rings. The minimum Gasteiger partial charge on any atom is -0.396 e. The maximum Gasteiger partial charge on any atom is 0.225 e. The zero-order chi connectivity index (χ0) is 17.6. The van der Waals surface area contributed by atoms with Crippen LogP contribution in [0.5, 0.6) is 0 Å². The first-order valence-electron chi connectivity index (χ1n) is 9.31. The normalized spacial score (nSPS) is 23.0. The molecule has 2 saturated heterocycles. The highest BCUT2D eigenvalue weighted by Crippen LogP contribution is 2.22. The standard InChI is InChI=1S/C19H29N3O3/c1-15-3-2-4-17(20-15)13-21-8-9-22(14-18(21)5-10-23)19(24)16-6-11-25-12-7-16/h2-4,16,18,23H,5-14H2,1H3/t18-/m1/s1. The third kappa shape index (κ3) is 4.77. The van der Waals surface area contributed by atoms with E-state index < -0.39 is 0 Å². The first-order valence-corrected chi connectivity index (χ1v) is 9.31. The molecule has 0 saturated carbocycles. The number of piperazine rings is 1. The number of carbonyl (C=O) groups excluding carboxylic acids is 1. The van der Waals surface area contributed by atoms with Gasteiger partial charge < -0.3 is 14.7 Å². The number of pyridine rings is 1. The second-order valence-corrected chi connectivity index (χ2v) is 7.08. The quantitative estimate of drug-likeness (QED) is 0.867. The van der Waals surface area contributed by atoms with Crippen LogP contribution in [-0.2, 0) is 16.1 Å². The van der Waals surface area contributed by atoms with Gasteiger partial charge in [-0.1, -0.05) is 6.07 Å². The van der Waals surface area contributed by atoms with E-state index in [1.807, 2.05) is 30.0 Å². The lowest BCUT2D eigenvalue weighted by Crippen LogP contribution is -2.56. The van der Waals surface area contributed by atoms with Gasteiger partial charge >= 0.3 is 0 Å². The predicted molar refractivity (Wildman–Crippen MR) is 95.0 cm³/mol. The van der Waals surface area contributed by atoms with Gasteiger partial charge in [-0.3, -0.25) is 14.7 Å². The van der Waals surface area contributed by atoms with Crippen LogP contribution in [-0.4, -0.2) is 71.3 Å². The van der Waals surface area contributed by atoms with Crippen molar-refractivity contribution < 1.29 is 14.6 Å². The molecule has 6 heteroatoms. The van der Waals surface area contributed by atoms with E-state index in [0.717, 1.165) is 43.9 Å². The van der Waals surface area contributed by atoms with Crippen LogP contribution < -0.4 is 0 Å². The minimum absolute atomic E-state index is 0.105. The fourth-order valence-corrected chi connectivity index (χ4v) is 3.82. The summed E-state index contributed by atoms with van der Waals surface area (Å²) in [6.45, 7) is 6.57. The van der Waals surface area contributed by atoms with Crippen molar-refractivity contribution in [3.05, 3.63) is 29.6 Å². The summed E-state index contributed by atoms with van der Waals surface area (Å²) in [5.74, 6) is 0.369. The maximum absolute atomic E-state index is 12.8. The molecule has 25 heavy (non-hydrogen) atoms. The second-order valence-electron chi connectivity index (χ2n) is 7.08. The Kier molecular flexibility index (Phi) is 6.39. The molecule has 0 aromatic carbocycles. The molecule has 3 rings (SSSR count). The molecule has 0 unspecified atom stereocenters. The van der Waals surface area contributed by atoms with Crippen molar-refractivity contribution in [1.29, 1.82) is 0 Å². The van der Waals surface area contributed by atoms with E-state index in [0.29, 0.717) is 26.2 Å². The van der Waals surface area contributed by atoms with E-state index in [4.69, 9.17) is 4.74 Å². The Morgan fingerprint density at radius 3 is 2.84 bits per heavy atom. The molecule has 0 spiro atoms. The number of hydrogen-bond donors (Lipinski definition) is 1. The van der Waals surface area contributed by atoms with Crippen LogP contribution in [0.15, 0.2) is 18.2 Å². The average Bonchev–Trinajstić information content (AvgIpc) is 2.63. The van der Waals surface area contributed by atoms with Crippen LogP contribution in [0.3, 0.4) is 0 Å². The van der Waals surface area contributed by atoms with Crippen LogP contribution in [0.2, 0.25) is 0 Å². The summed E-state index contributed by atoms with van der Waals surface area (Å²) in [6, 6.07) is 6.26. The highest BCUT2D eigenvalue weighted by atomic mass is 16.5. The van der Waals surface area contributed by atoms with E-state index in [1.165, 1.54) is 0 Å².